The molecule has 1 aromatic heterocycles. The molecule has 0 saturated heterocycles. The molecule has 3 aromatic rings. The van der Waals surface area contributed by atoms with Crippen LogP contribution < -0.4 is 5.32 Å². The van der Waals surface area contributed by atoms with Gasteiger partial charge in [-0.15, -0.1) is 0 Å². The SMILES string of the molecule is C=C/C=C\C1=C(C)[C@@]2(CC1)CCc1cccc(NCc3ccc4ccccc4n3)c12. The molecular formula is C28H28N2. The maximum atomic E-state index is 4.84. The average molecular weight is 393 g/mol. The molecule has 5 rings (SSSR count). The Labute approximate surface area is 179 Å². The molecule has 0 radical (unpaired) electrons. The van der Waals surface area contributed by atoms with Crippen molar-refractivity contribution in [1.29, 1.82) is 0 Å². The third kappa shape index (κ3) is 3.08. The van der Waals surface area contributed by atoms with Crippen molar-refractivity contribution in [2.24, 2.45) is 0 Å². The van der Waals surface area contributed by atoms with E-state index in [0.29, 0.717) is 0 Å². The van der Waals surface area contributed by atoms with Crippen LogP contribution in [0.4, 0.5) is 5.69 Å². The zero-order valence-electron chi connectivity index (χ0n) is 17.6. The van der Waals surface area contributed by atoms with Gasteiger partial charge < -0.3 is 5.32 Å². The maximum Gasteiger partial charge on any atom is 0.0706 e. The summed E-state index contributed by atoms with van der Waals surface area (Å²) in [5.41, 5.74) is 9.62. The van der Waals surface area contributed by atoms with E-state index in [9.17, 15) is 0 Å². The zero-order valence-corrected chi connectivity index (χ0v) is 17.6. The average Bonchev–Trinajstić information content (AvgIpc) is 3.32. The minimum Gasteiger partial charge on any atom is -0.379 e. The summed E-state index contributed by atoms with van der Waals surface area (Å²) in [6.45, 7) is 6.91. The van der Waals surface area contributed by atoms with Crippen LogP contribution in [-0.2, 0) is 18.4 Å². The number of nitrogens with one attached hydrogen (secondary N) is 1. The largest absolute Gasteiger partial charge is 0.379 e. The van der Waals surface area contributed by atoms with Crippen LogP contribution in [0.5, 0.6) is 0 Å². The molecule has 0 amide bonds. The molecule has 2 aliphatic rings. The van der Waals surface area contributed by atoms with Gasteiger partial charge in [0.2, 0.25) is 0 Å². The third-order valence-electron chi connectivity index (χ3n) is 7.02. The fourth-order valence-electron chi connectivity index (χ4n) is 5.43. The van der Waals surface area contributed by atoms with Crippen LogP contribution in [0, 0.1) is 0 Å². The normalized spacial score (nSPS) is 20.4. The van der Waals surface area contributed by atoms with Gasteiger partial charge in [-0.05, 0) is 67.5 Å². The van der Waals surface area contributed by atoms with E-state index in [0.717, 1.165) is 30.6 Å². The second-order valence-electron chi connectivity index (χ2n) is 8.52. The Bertz CT molecular complexity index is 1180. The molecule has 0 bridgehead atoms. The lowest BCUT2D eigenvalue weighted by Gasteiger charge is -2.30. The Morgan fingerprint density at radius 1 is 1.03 bits per heavy atom. The molecule has 2 aromatic carbocycles. The summed E-state index contributed by atoms with van der Waals surface area (Å²) in [6, 6.07) is 19.4. The van der Waals surface area contributed by atoms with Crippen molar-refractivity contribution >= 4 is 16.6 Å². The Hall–Kier alpha value is -3.13. The first kappa shape index (κ1) is 18.9. The van der Waals surface area contributed by atoms with Gasteiger partial charge in [-0.25, -0.2) is 0 Å². The predicted molar refractivity (Wildman–Crippen MR) is 127 cm³/mol. The summed E-state index contributed by atoms with van der Waals surface area (Å²) in [6.07, 6.45) is 10.9. The number of pyridine rings is 1. The van der Waals surface area contributed by atoms with Gasteiger partial charge >= 0.3 is 0 Å². The molecule has 0 fully saturated rings. The maximum absolute atomic E-state index is 4.84. The molecular weight excluding hydrogens is 364 g/mol. The standard InChI is InChI=1S/C28H28N2/c1-3-4-8-21-15-17-28(20(21)2)18-16-23-10-7-12-26(27(23)28)29-19-24-14-13-22-9-5-6-11-25(22)30-24/h3-14,29H,1,15-19H2,2H3/b8-4-/t28-/m1/s1. The minimum absolute atomic E-state index is 0.177. The fraction of sp³-hybridized carbons (Fsp3) is 0.250. The Balaban J connectivity index is 1.47. The lowest BCUT2D eigenvalue weighted by molar-refractivity contribution is 0.494. The van der Waals surface area contributed by atoms with Gasteiger partial charge in [-0.1, -0.05) is 66.8 Å². The molecule has 0 saturated carbocycles. The van der Waals surface area contributed by atoms with Gasteiger partial charge in [-0.3, -0.25) is 4.98 Å². The van der Waals surface area contributed by atoms with Gasteiger partial charge in [0.25, 0.3) is 0 Å². The van der Waals surface area contributed by atoms with E-state index in [4.69, 9.17) is 4.98 Å². The molecule has 0 aliphatic heterocycles. The first-order valence-corrected chi connectivity index (χ1v) is 10.9. The summed E-state index contributed by atoms with van der Waals surface area (Å²) >= 11 is 0. The van der Waals surface area contributed by atoms with Crippen molar-refractivity contribution < 1.29 is 0 Å². The zero-order chi connectivity index (χ0) is 20.6. The summed E-state index contributed by atoms with van der Waals surface area (Å²) in [4.78, 5) is 4.84. The van der Waals surface area contributed by atoms with E-state index >= 15 is 0 Å². The third-order valence-corrected chi connectivity index (χ3v) is 7.02. The number of hydrogen-bond donors (Lipinski definition) is 1. The Kier molecular flexibility index (Phi) is 4.78. The van der Waals surface area contributed by atoms with Gasteiger partial charge in [-0.2, -0.15) is 0 Å². The summed E-state index contributed by atoms with van der Waals surface area (Å²) in [7, 11) is 0. The number of benzene rings is 2. The number of rotatable bonds is 5. The number of fused-ring (bicyclic) bond motifs is 3. The van der Waals surface area contributed by atoms with Crippen LogP contribution in [0.1, 0.15) is 43.0 Å². The Morgan fingerprint density at radius 3 is 2.80 bits per heavy atom. The van der Waals surface area contributed by atoms with Crippen LogP contribution in [0.3, 0.4) is 0 Å². The number of para-hydroxylation sites is 1. The Morgan fingerprint density at radius 2 is 1.90 bits per heavy atom. The van der Waals surface area contributed by atoms with Crippen molar-refractivity contribution in [3.63, 3.8) is 0 Å². The second kappa shape index (κ2) is 7.60. The predicted octanol–water partition coefficient (Wildman–Crippen LogP) is 6.88. The molecule has 1 heterocycles. The number of aryl methyl sites for hydroxylation is 1. The van der Waals surface area contributed by atoms with Crippen LogP contribution in [0.2, 0.25) is 0 Å². The lowest BCUT2D eigenvalue weighted by atomic mass is 9.75. The molecule has 2 heteroatoms. The quantitative estimate of drug-likeness (QED) is 0.479. The first-order chi connectivity index (χ1) is 14.7. The molecule has 2 aliphatic carbocycles. The van der Waals surface area contributed by atoms with Crippen LogP contribution in [0.15, 0.2) is 90.6 Å². The molecule has 1 atom stereocenters. The van der Waals surface area contributed by atoms with E-state index < -0.39 is 0 Å². The smallest absolute Gasteiger partial charge is 0.0706 e. The molecule has 30 heavy (non-hydrogen) atoms. The highest BCUT2D eigenvalue weighted by Gasteiger charge is 2.45. The van der Waals surface area contributed by atoms with Crippen LogP contribution >= 0.6 is 0 Å². The number of allylic oxidation sites excluding steroid dienone is 5. The van der Waals surface area contributed by atoms with E-state index in [2.05, 4.69) is 79.5 Å². The monoisotopic (exact) mass is 392 g/mol. The highest BCUT2D eigenvalue weighted by Crippen LogP contribution is 2.55. The number of aromatic nitrogens is 1. The molecule has 2 nitrogen and oxygen atoms in total. The number of anilines is 1. The summed E-state index contributed by atoms with van der Waals surface area (Å²) < 4.78 is 0. The van der Waals surface area contributed by atoms with Crippen molar-refractivity contribution in [2.75, 3.05) is 5.32 Å². The van der Waals surface area contributed by atoms with Gasteiger partial charge in [0.05, 0.1) is 17.8 Å². The second-order valence-corrected chi connectivity index (χ2v) is 8.52. The lowest BCUT2D eigenvalue weighted by Crippen LogP contribution is -2.23. The van der Waals surface area contributed by atoms with E-state index in [1.807, 2.05) is 12.1 Å². The number of nitrogens with zero attached hydrogens (tertiary/aromatic N) is 1. The van der Waals surface area contributed by atoms with Crippen molar-refractivity contribution in [3.8, 4) is 0 Å². The van der Waals surface area contributed by atoms with Gasteiger partial charge in [0, 0.05) is 16.5 Å². The highest BCUT2D eigenvalue weighted by atomic mass is 14.9. The fourth-order valence-corrected chi connectivity index (χ4v) is 5.43. The van der Waals surface area contributed by atoms with Gasteiger partial charge in [0.1, 0.15) is 0 Å². The molecule has 1 N–H and O–H groups in total. The van der Waals surface area contributed by atoms with Crippen molar-refractivity contribution in [2.45, 2.75) is 44.6 Å². The van der Waals surface area contributed by atoms with Crippen LogP contribution in [-0.4, -0.2) is 4.98 Å². The van der Waals surface area contributed by atoms with Crippen molar-refractivity contribution in [3.05, 3.63) is 107 Å². The van der Waals surface area contributed by atoms with E-state index in [1.54, 1.807) is 0 Å². The summed E-state index contributed by atoms with van der Waals surface area (Å²) in [5, 5.41) is 4.92. The van der Waals surface area contributed by atoms with Crippen LogP contribution in [0.25, 0.3) is 10.9 Å². The molecule has 0 unspecified atom stereocenters. The number of hydrogen-bond acceptors (Lipinski definition) is 2. The van der Waals surface area contributed by atoms with E-state index in [1.165, 1.54) is 46.2 Å². The highest BCUT2D eigenvalue weighted by molar-refractivity contribution is 5.78. The van der Waals surface area contributed by atoms with Gasteiger partial charge in [0.15, 0.2) is 0 Å². The van der Waals surface area contributed by atoms with Crippen molar-refractivity contribution in [1.82, 2.24) is 4.98 Å². The topological polar surface area (TPSA) is 24.9 Å². The summed E-state index contributed by atoms with van der Waals surface area (Å²) in [5.74, 6) is 0. The molecule has 150 valence electrons. The molecule has 1 spiro atoms. The first-order valence-electron chi connectivity index (χ1n) is 10.9. The minimum atomic E-state index is 0.177. The van der Waals surface area contributed by atoms with E-state index in [-0.39, 0.29) is 5.41 Å².